The molecule has 0 aromatic rings. The van der Waals surface area contributed by atoms with Gasteiger partial charge < -0.3 is 0 Å². The van der Waals surface area contributed by atoms with E-state index in [0.29, 0.717) is 11.7 Å². The maximum atomic E-state index is 12.2. The minimum atomic E-state index is 0.398. The fraction of sp³-hybridized carbons (Fsp3) is 0.933. The summed E-state index contributed by atoms with van der Waals surface area (Å²) in [5.74, 6) is 2.52. The molecule has 98 valence electrons. The summed E-state index contributed by atoms with van der Waals surface area (Å²) in [5, 5.41) is 0.786. The Labute approximate surface area is 110 Å². The quantitative estimate of drug-likeness (QED) is 0.737. The molecule has 0 saturated heterocycles. The van der Waals surface area contributed by atoms with Crippen LogP contribution in [0.3, 0.4) is 0 Å². The lowest BCUT2D eigenvalue weighted by atomic mass is 9.81. The summed E-state index contributed by atoms with van der Waals surface area (Å²) in [7, 11) is 0. The summed E-state index contributed by atoms with van der Waals surface area (Å²) < 4.78 is 0. The highest BCUT2D eigenvalue weighted by atomic mass is 32.2. The Bertz CT molecular complexity index is 245. The largest absolute Gasteiger partial charge is 0.298 e. The number of carbonyl (C=O) groups is 1. The fourth-order valence-electron chi connectivity index (χ4n) is 3.28. The Morgan fingerprint density at radius 1 is 1.06 bits per heavy atom. The molecule has 2 unspecified atom stereocenters. The Morgan fingerprint density at radius 3 is 2.53 bits per heavy atom. The van der Waals surface area contributed by atoms with Crippen LogP contribution in [0, 0.1) is 11.8 Å². The van der Waals surface area contributed by atoms with Gasteiger partial charge >= 0.3 is 0 Å². The van der Waals surface area contributed by atoms with Crippen LogP contribution in [-0.2, 0) is 4.79 Å². The molecule has 0 aromatic carbocycles. The van der Waals surface area contributed by atoms with Crippen LogP contribution in [-0.4, -0.2) is 16.8 Å². The Kier molecular flexibility index (Phi) is 5.40. The lowest BCUT2D eigenvalue weighted by Crippen LogP contribution is -2.24. The highest BCUT2D eigenvalue weighted by Gasteiger charge is 2.25. The van der Waals surface area contributed by atoms with Gasteiger partial charge in [0.05, 0.1) is 5.75 Å². The molecule has 0 heterocycles. The molecule has 0 bridgehead atoms. The predicted octanol–water partition coefficient (Wildman–Crippen LogP) is 4.45. The molecule has 0 aliphatic heterocycles. The molecule has 2 fully saturated rings. The van der Waals surface area contributed by atoms with Gasteiger partial charge in [-0.2, -0.15) is 11.8 Å². The first-order chi connectivity index (χ1) is 8.25. The number of Topliss-reactive ketones (excluding diaryl/α,β-unsaturated/α-hetero) is 1. The van der Waals surface area contributed by atoms with E-state index in [1.54, 1.807) is 0 Å². The van der Waals surface area contributed by atoms with Crippen molar-refractivity contribution < 1.29 is 4.79 Å². The van der Waals surface area contributed by atoms with Crippen LogP contribution >= 0.6 is 11.8 Å². The van der Waals surface area contributed by atoms with E-state index in [0.717, 1.165) is 29.8 Å². The predicted molar refractivity (Wildman–Crippen MR) is 75.5 cm³/mol. The maximum absolute atomic E-state index is 12.2. The number of thioether (sulfide) groups is 1. The van der Waals surface area contributed by atoms with Gasteiger partial charge in [0.15, 0.2) is 0 Å². The van der Waals surface area contributed by atoms with Gasteiger partial charge in [-0.25, -0.2) is 0 Å². The topological polar surface area (TPSA) is 17.1 Å². The first kappa shape index (κ1) is 13.5. The zero-order valence-electron chi connectivity index (χ0n) is 11.1. The molecule has 2 heteroatoms. The highest BCUT2D eigenvalue weighted by Crippen LogP contribution is 2.32. The molecule has 17 heavy (non-hydrogen) atoms. The average molecular weight is 254 g/mol. The lowest BCUT2D eigenvalue weighted by Gasteiger charge is -2.26. The van der Waals surface area contributed by atoms with Gasteiger partial charge in [-0.05, 0) is 31.6 Å². The van der Waals surface area contributed by atoms with Crippen LogP contribution in [0.2, 0.25) is 0 Å². The number of ketones is 1. The molecule has 0 aromatic heterocycles. The Hall–Kier alpha value is 0.0200. The van der Waals surface area contributed by atoms with E-state index >= 15 is 0 Å². The maximum Gasteiger partial charge on any atom is 0.145 e. The molecule has 1 nitrogen and oxygen atoms in total. The van der Waals surface area contributed by atoms with Gasteiger partial charge in [-0.1, -0.05) is 39.0 Å². The van der Waals surface area contributed by atoms with E-state index < -0.39 is 0 Å². The summed E-state index contributed by atoms with van der Waals surface area (Å²) in [6, 6.07) is 0. The number of carbonyl (C=O) groups excluding carboxylic acids is 1. The molecule has 2 aliphatic carbocycles. The third-order valence-corrected chi connectivity index (χ3v) is 5.80. The second-order valence-corrected chi connectivity index (χ2v) is 7.29. The van der Waals surface area contributed by atoms with Crippen LogP contribution in [0.1, 0.15) is 64.7 Å². The second kappa shape index (κ2) is 6.82. The third-order valence-electron chi connectivity index (χ3n) is 4.41. The smallest absolute Gasteiger partial charge is 0.145 e. The zero-order chi connectivity index (χ0) is 12.1. The van der Waals surface area contributed by atoms with Crippen LogP contribution in [0.25, 0.3) is 0 Å². The average Bonchev–Trinajstić information content (AvgIpc) is 2.37. The normalized spacial score (nSPS) is 31.4. The molecule has 2 rings (SSSR count). The minimum Gasteiger partial charge on any atom is -0.298 e. The van der Waals surface area contributed by atoms with Gasteiger partial charge in [0.1, 0.15) is 5.78 Å². The molecule has 0 N–H and O–H groups in total. The van der Waals surface area contributed by atoms with Crippen molar-refractivity contribution in [2.24, 2.45) is 11.8 Å². The van der Waals surface area contributed by atoms with Crippen LogP contribution < -0.4 is 0 Å². The monoisotopic (exact) mass is 254 g/mol. The number of rotatable bonds is 4. The first-order valence-electron chi connectivity index (χ1n) is 7.40. The van der Waals surface area contributed by atoms with Crippen LogP contribution in [0.4, 0.5) is 0 Å². The van der Waals surface area contributed by atoms with Gasteiger partial charge in [0.25, 0.3) is 0 Å². The Morgan fingerprint density at radius 2 is 1.82 bits per heavy atom. The van der Waals surface area contributed by atoms with Crippen molar-refractivity contribution in [3.8, 4) is 0 Å². The Balaban J connectivity index is 1.69. The van der Waals surface area contributed by atoms with Crippen molar-refractivity contribution in [2.45, 2.75) is 70.0 Å². The minimum absolute atomic E-state index is 0.398. The van der Waals surface area contributed by atoms with E-state index in [2.05, 4.69) is 6.92 Å². The van der Waals surface area contributed by atoms with Crippen molar-refractivity contribution in [1.82, 2.24) is 0 Å². The van der Waals surface area contributed by atoms with Gasteiger partial charge in [-0.3, -0.25) is 4.79 Å². The van der Waals surface area contributed by atoms with Crippen molar-refractivity contribution in [1.29, 1.82) is 0 Å². The molecular weight excluding hydrogens is 228 g/mol. The van der Waals surface area contributed by atoms with E-state index in [1.807, 2.05) is 11.8 Å². The first-order valence-corrected chi connectivity index (χ1v) is 8.45. The van der Waals surface area contributed by atoms with Crippen molar-refractivity contribution in [3.63, 3.8) is 0 Å². The lowest BCUT2D eigenvalue weighted by molar-refractivity contribution is -0.121. The molecule has 0 radical (unpaired) electrons. The van der Waals surface area contributed by atoms with E-state index in [9.17, 15) is 4.79 Å². The standard InChI is InChI=1S/C15H26OS/c1-12-6-5-7-13(10-12)15(16)11-17-14-8-3-2-4-9-14/h12-14H,2-11H2,1H3. The summed E-state index contributed by atoms with van der Waals surface area (Å²) in [4.78, 5) is 12.2. The molecule has 2 aliphatic rings. The van der Waals surface area contributed by atoms with Crippen molar-refractivity contribution in [3.05, 3.63) is 0 Å². The highest BCUT2D eigenvalue weighted by molar-refractivity contribution is 8.00. The molecular formula is C15H26OS. The molecule has 0 amide bonds. The van der Waals surface area contributed by atoms with E-state index in [4.69, 9.17) is 0 Å². The summed E-state index contributed by atoms with van der Waals surface area (Å²) in [6.07, 6.45) is 11.8. The van der Waals surface area contributed by atoms with Crippen LogP contribution in [0.5, 0.6) is 0 Å². The van der Waals surface area contributed by atoms with Gasteiger partial charge in [0, 0.05) is 11.2 Å². The fourth-order valence-corrected chi connectivity index (χ4v) is 4.58. The second-order valence-electron chi connectivity index (χ2n) is 6.01. The summed E-state index contributed by atoms with van der Waals surface area (Å²) in [6.45, 7) is 2.30. The van der Waals surface area contributed by atoms with E-state index in [-0.39, 0.29) is 0 Å². The molecule has 2 saturated carbocycles. The SMILES string of the molecule is CC1CCCC(C(=O)CSC2CCCCC2)C1. The summed E-state index contributed by atoms with van der Waals surface area (Å²) in [5.41, 5.74) is 0. The van der Waals surface area contributed by atoms with E-state index in [1.165, 1.54) is 44.9 Å². The number of hydrogen-bond acceptors (Lipinski definition) is 2. The van der Waals surface area contributed by atoms with Crippen LogP contribution in [0.15, 0.2) is 0 Å². The van der Waals surface area contributed by atoms with Crippen molar-refractivity contribution in [2.75, 3.05) is 5.75 Å². The molecule has 0 spiro atoms. The molecule has 2 atom stereocenters. The van der Waals surface area contributed by atoms with Gasteiger partial charge in [-0.15, -0.1) is 0 Å². The zero-order valence-corrected chi connectivity index (χ0v) is 11.9. The number of hydrogen-bond donors (Lipinski definition) is 0. The third kappa shape index (κ3) is 4.31. The van der Waals surface area contributed by atoms with Crippen molar-refractivity contribution >= 4 is 17.5 Å². The van der Waals surface area contributed by atoms with Gasteiger partial charge in [0.2, 0.25) is 0 Å². The summed E-state index contributed by atoms with van der Waals surface area (Å²) >= 11 is 1.95.